The predicted molar refractivity (Wildman–Crippen MR) is 104 cm³/mol. The molecule has 2 aromatic heterocycles. The molecule has 28 heavy (non-hydrogen) atoms. The Morgan fingerprint density at radius 2 is 2.07 bits per heavy atom. The number of aromatic amines is 1. The molecule has 0 amide bonds. The van der Waals surface area contributed by atoms with Crippen LogP contribution in [0.4, 0.5) is 17.2 Å². The molecule has 1 aliphatic carbocycles. The molecule has 0 spiro atoms. The van der Waals surface area contributed by atoms with E-state index >= 15 is 0 Å². The Morgan fingerprint density at radius 3 is 2.75 bits per heavy atom. The van der Waals surface area contributed by atoms with Crippen molar-refractivity contribution < 1.29 is 9.72 Å². The van der Waals surface area contributed by atoms with Crippen LogP contribution in [0.25, 0.3) is 0 Å². The highest BCUT2D eigenvalue weighted by molar-refractivity contribution is 6.35. The Balaban J connectivity index is 1.79. The SMILES string of the molecule is Cc1[nH]nc(Nc2cc(C3CC3)ncc2C(=O)c2ccccc2Cl)c1[N+](=O)[O-]. The van der Waals surface area contributed by atoms with Crippen LogP contribution in [0.1, 0.15) is 46.1 Å². The lowest BCUT2D eigenvalue weighted by molar-refractivity contribution is -0.384. The molecule has 0 saturated heterocycles. The van der Waals surface area contributed by atoms with Crippen molar-refractivity contribution in [3.8, 4) is 0 Å². The fourth-order valence-electron chi connectivity index (χ4n) is 3.01. The van der Waals surface area contributed by atoms with Crippen molar-refractivity contribution in [3.05, 3.63) is 74.2 Å². The maximum Gasteiger partial charge on any atom is 0.333 e. The Labute approximate surface area is 165 Å². The van der Waals surface area contributed by atoms with Crippen molar-refractivity contribution in [3.63, 3.8) is 0 Å². The van der Waals surface area contributed by atoms with Gasteiger partial charge < -0.3 is 5.32 Å². The molecule has 4 rings (SSSR count). The van der Waals surface area contributed by atoms with Crippen molar-refractivity contribution in [1.82, 2.24) is 15.2 Å². The molecular weight excluding hydrogens is 382 g/mol. The third kappa shape index (κ3) is 3.34. The summed E-state index contributed by atoms with van der Waals surface area (Å²) in [7, 11) is 0. The summed E-state index contributed by atoms with van der Waals surface area (Å²) >= 11 is 6.18. The zero-order valence-corrected chi connectivity index (χ0v) is 15.7. The monoisotopic (exact) mass is 397 g/mol. The van der Waals surface area contributed by atoms with Gasteiger partial charge in [0.15, 0.2) is 5.78 Å². The maximum atomic E-state index is 13.1. The Morgan fingerprint density at radius 1 is 1.32 bits per heavy atom. The number of carbonyl (C=O) groups excluding carboxylic acids is 1. The normalized spacial score (nSPS) is 13.4. The molecule has 1 aliphatic rings. The van der Waals surface area contributed by atoms with Gasteiger partial charge in [-0.25, -0.2) is 0 Å². The van der Waals surface area contributed by atoms with Crippen LogP contribution in [0.3, 0.4) is 0 Å². The van der Waals surface area contributed by atoms with Gasteiger partial charge in [0.1, 0.15) is 5.69 Å². The van der Waals surface area contributed by atoms with Crippen molar-refractivity contribution in [1.29, 1.82) is 0 Å². The van der Waals surface area contributed by atoms with E-state index in [1.165, 1.54) is 6.20 Å². The van der Waals surface area contributed by atoms with Crippen LogP contribution >= 0.6 is 11.6 Å². The third-order valence-electron chi connectivity index (χ3n) is 4.63. The summed E-state index contributed by atoms with van der Waals surface area (Å²) in [5.74, 6) is 0.0717. The number of aryl methyl sites for hydroxylation is 1. The van der Waals surface area contributed by atoms with Gasteiger partial charge in [-0.05, 0) is 38.0 Å². The molecule has 0 radical (unpaired) electrons. The first-order valence-electron chi connectivity index (χ1n) is 8.71. The second-order valence-corrected chi connectivity index (χ2v) is 7.07. The molecule has 0 bridgehead atoms. The largest absolute Gasteiger partial charge is 0.333 e. The average molecular weight is 398 g/mol. The van der Waals surface area contributed by atoms with Crippen molar-refractivity contribution in [2.75, 3.05) is 5.32 Å². The zero-order chi connectivity index (χ0) is 19.8. The van der Waals surface area contributed by atoms with Gasteiger partial charge in [-0.2, -0.15) is 0 Å². The number of hydrogen-bond donors (Lipinski definition) is 2. The fraction of sp³-hybridized carbons (Fsp3) is 0.211. The number of anilines is 2. The topological polar surface area (TPSA) is 114 Å². The van der Waals surface area contributed by atoms with Gasteiger partial charge in [0.25, 0.3) is 0 Å². The molecule has 0 unspecified atom stereocenters. The lowest BCUT2D eigenvalue weighted by atomic mass is 10.0. The molecule has 2 N–H and O–H groups in total. The first-order valence-corrected chi connectivity index (χ1v) is 9.09. The van der Waals surface area contributed by atoms with E-state index in [4.69, 9.17) is 11.6 Å². The number of ketones is 1. The number of H-pyrrole nitrogens is 1. The van der Waals surface area contributed by atoms with E-state index in [-0.39, 0.29) is 22.9 Å². The fourth-order valence-corrected chi connectivity index (χ4v) is 3.23. The number of halogens is 1. The first kappa shape index (κ1) is 18.1. The lowest BCUT2D eigenvalue weighted by Crippen LogP contribution is -2.09. The van der Waals surface area contributed by atoms with E-state index in [1.807, 2.05) is 0 Å². The highest BCUT2D eigenvalue weighted by Gasteiger charge is 2.28. The van der Waals surface area contributed by atoms with E-state index in [2.05, 4.69) is 20.5 Å². The molecule has 0 aliphatic heterocycles. The molecule has 9 heteroatoms. The summed E-state index contributed by atoms with van der Waals surface area (Å²) < 4.78 is 0. The van der Waals surface area contributed by atoms with Gasteiger partial charge in [-0.3, -0.25) is 25.0 Å². The number of benzene rings is 1. The number of pyridine rings is 1. The molecule has 0 atom stereocenters. The standard InChI is InChI=1S/C19H16ClN5O3/c1-10-17(25(27)28)19(24-23-10)22-16-8-15(11-6-7-11)21-9-13(16)18(26)12-4-2-3-5-14(12)20/h2-5,8-9,11H,6-7H2,1H3,(H2,21,22,23,24). The van der Waals surface area contributed by atoms with Crippen LogP contribution < -0.4 is 5.32 Å². The maximum absolute atomic E-state index is 13.1. The number of nitro groups is 1. The highest BCUT2D eigenvalue weighted by atomic mass is 35.5. The van der Waals surface area contributed by atoms with Gasteiger partial charge in [-0.1, -0.05) is 23.7 Å². The highest BCUT2D eigenvalue weighted by Crippen LogP contribution is 2.41. The van der Waals surface area contributed by atoms with Crippen LogP contribution in [0, 0.1) is 17.0 Å². The first-order chi connectivity index (χ1) is 13.5. The van der Waals surface area contributed by atoms with Crippen molar-refractivity contribution in [2.45, 2.75) is 25.7 Å². The second kappa shape index (κ2) is 7.05. The minimum Gasteiger partial charge on any atom is -0.332 e. The van der Waals surface area contributed by atoms with E-state index < -0.39 is 4.92 Å². The molecule has 142 valence electrons. The van der Waals surface area contributed by atoms with E-state index in [9.17, 15) is 14.9 Å². The van der Waals surface area contributed by atoms with Crippen LogP contribution in [0.15, 0.2) is 36.5 Å². The molecule has 1 saturated carbocycles. The number of aromatic nitrogens is 3. The van der Waals surface area contributed by atoms with Crippen LogP contribution in [0.5, 0.6) is 0 Å². The lowest BCUT2D eigenvalue weighted by Gasteiger charge is -2.12. The van der Waals surface area contributed by atoms with Crippen molar-refractivity contribution >= 4 is 34.6 Å². The average Bonchev–Trinajstić information content (AvgIpc) is 3.45. The number of nitrogens with one attached hydrogen (secondary N) is 2. The van der Waals surface area contributed by atoms with E-state index in [0.29, 0.717) is 27.9 Å². The van der Waals surface area contributed by atoms with Gasteiger partial charge in [0.2, 0.25) is 5.82 Å². The molecule has 1 aromatic carbocycles. The summed E-state index contributed by atoms with van der Waals surface area (Å²) in [5.41, 5.74) is 2.02. The minimum absolute atomic E-state index is 0.0451. The van der Waals surface area contributed by atoms with Crippen LogP contribution in [-0.4, -0.2) is 25.9 Å². The quantitative estimate of drug-likeness (QED) is 0.359. The number of hydrogen-bond acceptors (Lipinski definition) is 6. The molecular formula is C19H16ClN5O3. The second-order valence-electron chi connectivity index (χ2n) is 6.67. The van der Waals surface area contributed by atoms with Crippen LogP contribution in [-0.2, 0) is 0 Å². The molecule has 3 aromatic rings. The van der Waals surface area contributed by atoms with Crippen molar-refractivity contribution in [2.24, 2.45) is 0 Å². The Bertz CT molecular complexity index is 1090. The summed E-state index contributed by atoms with van der Waals surface area (Å²) in [6.07, 6.45) is 3.56. The van der Waals surface area contributed by atoms with Gasteiger partial charge in [0, 0.05) is 23.4 Å². The van der Waals surface area contributed by atoms with Gasteiger partial charge >= 0.3 is 5.69 Å². The minimum atomic E-state index is -0.514. The number of nitrogens with zero attached hydrogens (tertiary/aromatic N) is 3. The summed E-state index contributed by atoms with van der Waals surface area (Å²) in [5, 5.41) is 21.2. The Kier molecular flexibility index (Phi) is 4.56. The van der Waals surface area contributed by atoms with Crippen LogP contribution in [0.2, 0.25) is 5.02 Å². The summed E-state index contributed by atoms with van der Waals surface area (Å²) in [4.78, 5) is 28.3. The van der Waals surface area contributed by atoms with Gasteiger partial charge in [-0.15, -0.1) is 5.10 Å². The zero-order valence-electron chi connectivity index (χ0n) is 14.9. The van der Waals surface area contributed by atoms with Gasteiger partial charge in [0.05, 0.1) is 21.2 Å². The molecule has 8 nitrogen and oxygen atoms in total. The molecule has 2 heterocycles. The smallest absolute Gasteiger partial charge is 0.332 e. The Hall–Kier alpha value is -3.26. The predicted octanol–water partition coefficient (Wildman–Crippen LogP) is 4.53. The summed E-state index contributed by atoms with van der Waals surface area (Å²) in [6.45, 7) is 1.56. The number of rotatable bonds is 6. The molecule has 1 fully saturated rings. The third-order valence-corrected chi connectivity index (χ3v) is 4.96. The number of carbonyl (C=O) groups is 1. The van der Waals surface area contributed by atoms with E-state index in [0.717, 1.165) is 18.5 Å². The van der Waals surface area contributed by atoms with E-state index in [1.54, 1.807) is 37.3 Å². The summed E-state index contributed by atoms with van der Waals surface area (Å²) in [6, 6.07) is 8.48.